The summed E-state index contributed by atoms with van der Waals surface area (Å²) in [6.45, 7) is 2.34. The van der Waals surface area contributed by atoms with Crippen molar-refractivity contribution in [2.45, 2.75) is 12.8 Å². The van der Waals surface area contributed by atoms with E-state index in [9.17, 15) is 4.79 Å². The van der Waals surface area contributed by atoms with Crippen LogP contribution in [-0.4, -0.2) is 26.1 Å². The van der Waals surface area contributed by atoms with E-state index in [4.69, 9.17) is 9.47 Å². The molecule has 1 aliphatic rings. The van der Waals surface area contributed by atoms with Gasteiger partial charge < -0.3 is 9.47 Å². The van der Waals surface area contributed by atoms with Gasteiger partial charge in [0.1, 0.15) is 12.0 Å². The van der Waals surface area contributed by atoms with Gasteiger partial charge in [-0.25, -0.2) is 0 Å². The Labute approximate surface area is 109 Å². The highest BCUT2D eigenvalue weighted by atomic mass is 79.9. The van der Waals surface area contributed by atoms with Crippen LogP contribution in [0.15, 0.2) is 22.7 Å². The lowest BCUT2D eigenvalue weighted by Gasteiger charge is -2.22. The molecule has 17 heavy (non-hydrogen) atoms. The summed E-state index contributed by atoms with van der Waals surface area (Å²) in [5, 5.41) is 0. The zero-order valence-corrected chi connectivity index (χ0v) is 11.1. The summed E-state index contributed by atoms with van der Waals surface area (Å²) >= 11 is 3.36. The number of halogens is 1. The third kappa shape index (κ3) is 3.82. The zero-order valence-electron chi connectivity index (χ0n) is 9.52. The Bertz CT molecular complexity index is 386. The van der Waals surface area contributed by atoms with Gasteiger partial charge in [-0.05, 0) is 37.0 Å². The number of carbonyl (C=O) groups is 1. The van der Waals surface area contributed by atoms with E-state index in [1.54, 1.807) is 12.1 Å². The summed E-state index contributed by atoms with van der Waals surface area (Å²) < 4.78 is 11.9. The molecular weight excluding hydrogens is 284 g/mol. The fraction of sp³-hybridized carbons (Fsp3) is 0.462. The van der Waals surface area contributed by atoms with Gasteiger partial charge in [0, 0.05) is 23.2 Å². The van der Waals surface area contributed by atoms with Crippen LogP contribution in [0.3, 0.4) is 0 Å². The van der Waals surface area contributed by atoms with E-state index in [-0.39, 0.29) is 0 Å². The number of benzene rings is 1. The molecule has 0 amide bonds. The van der Waals surface area contributed by atoms with Gasteiger partial charge in [-0.3, -0.25) is 4.79 Å². The molecule has 3 nitrogen and oxygen atoms in total. The van der Waals surface area contributed by atoms with Gasteiger partial charge >= 0.3 is 0 Å². The van der Waals surface area contributed by atoms with Crippen molar-refractivity contribution >= 4 is 22.2 Å². The van der Waals surface area contributed by atoms with Crippen molar-refractivity contribution in [2.75, 3.05) is 19.8 Å². The van der Waals surface area contributed by atoms with Crippen molar-refractivity contribution in [3.63, 3.8) is 0 Å². The van der Waals surface area contributed by atoms with Crippen LogP contribution in [0, 0.1) is 5.92 Å². The molecule has 0 spiro atoms. The van der Waals surface area contributed by atoms with Crippen LogP contribution in [0.5, 0.6) is 5.75 Å². The van der Waals surface area contributed by atoms with Crippen molar-refractivity contribution < 1.29 is 14.3 Å². The molecule has 1 aliphatic heterocycles. The predicted octanol–water partition coefficient (Wildman–Crippen LogP) is 3.07. The Morgan fingerprint density at radius 3 is 2.82 bits per heavy atom. The number of ether oxygens (including phenoxy) is 2. The third-order valence-corrected chi connectivity index (χ3v) is 3.31. The summed E-state index contributed by atoms with van der Waals surface area (Å²) in [5.74, 6) is 1.30. The summed E-state index contributed by atoms with van der Waals surface area (Å²) in [4.78, 5) is 10.7. The first-order valence-electron chi connectivity index (χ1n) is 5.74. The lowest BCUT2D eigenvalue weighted by Crippen LogP contribution is -2.21. The number of hydrogen-bond acceptors (Lipinski definition) is 3. The van der Waals surface area contributed by atoms with Gasteiger partial charge in [0.15, 0.2) is 0 Å². The number of hydrogen-bond donors (Lipinski definition) is 0. The highest BCUT2D eigenvalue weighted by molar-refractivity contribution is 9.10. The van der Waals surface area contributed by atoms with E-state index >= 15 is 0 Å². The second-order valence-electron chi connectivity index (χ2n) is 4.20. The normalized spacial score (nSPS) is 16.8. The third-order valence-electron chi connectivity index (χ3n) is 2.86. The Morgan fingerprint density at radius 2 is 2.12 bits per heavy atom. The van der Waals surface area contributed by atoms with Crippen LogP contribution >= 0.6 is 15.9 Å². The molecular formula is C13H15BrO3. The van der Waals surface area contributed by atoms with Gasteiger partial charge in [0.2, 0.25) is 0 Å². The molecule has 0 radical (unpaired) electrons. The maximum absolute atomic E-state index is 10.7. The first-order valence-corrected chi connectivity index (χ1v) is 6.53. The smallest absolute Gasteiger partial charge is 0.150 e. The molecule has 1 aromatic carbocycles. The van der Waals surface area contributed by atoms with Crippen molar-refractivity contribution in [1.29, 1.82) is 0 Å². The first kappa shape index (κ1) is 12.6. The van der Waals surface area contributed by atoms with Crippen molar-refractivity contribution in [2.24, 2.45) is 5.92 Å². The summed E-state index contributed by atoms with van der Waals surface area (Å²) in [7, 11) is 0. The second kappa shape index (κ2) is 6.17. The highest BCUT2D eigenvalue weighted by Crippen LogP contribution is 2.22. The molecule has 0 unspecified atom stereocenters. The molecule has 1 heterocycles. The minimum atomic E-state index is 0.558. The first-order chi connectivity index (χ1) is 8.28. The molecule has 2 rings (SSSR count). The van der Waals surface area contributed by atoms with Gasteiger partial charge in [-0.1, -0.05) is 15.9 Å². The van der Waals surface area contributed by atoms with Crippen LogP contribution in [0.25, 0.3) is 0 Å². The average molecular weight is 299 g/mol. The SMILES string of the molecule is O=Cc1cc(Br)cc(OCC2CCOCC2)c1. The van der Waals surface area contributed by atoms with E-state index in [1.807, 2.05) is 6.07 Å². The lowest BCUT2D eigenvalue weighted by atomic mass is 10.0. The number of rotatable bonds is 4. The van der Waals surface area contributed by atoms with E-state index in [2.05, 4.69) is 15.9 Å². The Kier molecular flexibility index (Phi) is 4.57. The molecule has 0 aromatic heterocycles. The fourth-order valence-electron chi connectivity index (χ4n) is 1.86. The van der Waals surface area contributed by atoms with Crippen LogP contribution < -0.4 is 4.74 Å². The van der Waals surface area contributed by atoms with Crippen molar-refractivity contribution in [3.8, 4) is 5.75 Å². The number of aldehydes is 1. The Balaban J connectivity index is 1.93. The van der Waals surface area contributed by atoms with Gasteiger partial charge in [-0.2, -0.15) is 0 Å². The molecule has 0 bridgehead atoms. The minimum absolute atomic E-state index is 0.558. The maximum Gasteiger partial charge on any atom is 0.150 e. The fourth-order valence-corrected chi connectivity index (χ4v) is 2.35. The Hall–Kier alpha value is -0.870. The molecule has 1 aromatic rings. The summed E-state index contributed by atoms with van der Waals surface area (Å²) in [6, 6.07) is 5.41. The minimum Gasteiger partial charge on any atom is -0.493 e. The van der Waals surface area contributed by atoms with Crippen LogP contribution in [0.2, 0.25) is 0 Å². The van der Waals surface area contributed by atoms with Crippen molar-refractivity contribution in [3.05, 3.63) is 28.2 Å². The molecule has 1 fully saturated rings. The van der Waals surface area contributed by atoms with E-state index in [1.165, 1.54) is 0 Å². The number of carbonyl (C=O) groups excluding carboxylic acids is 1. The largest absolute Gasteiger partial charge is 0.493 e. The monoisotopic (exact) mass is 298 g/mol. The van der Waals surface area contributed by atoms with Crippen LogP contribution in [0.1, 0.15) is 23.2 Å². The molecule has 0 aliphatic carbocycles. The lowest BCUT2D eigenvalue weighted by molar-refractivity contribution is 0.0497. The maximum atomic E-state index is 10.7. The average Bonchev–Trinajstić information content (AvgIpc) is 2.37. The highest BCUT2D eigenvalue weighted by Gasteiger charge is 2.14. The van der Waals surface area contributed by atoms with E-state index in [0.717, 1.165) is 42.6 Å². The van der Waals surface area contributed by atoms with Gasteiger partial charge in [-0.15, -0.1) is 0 Å². The molecule has 1 saturated heterocycles. The predicted molar refractivity (Wildman–Crippen MR) is 68.6 cm³/mol. The molecule has 4 heteroatoms. The second-order valence-corrected chi connectivity index (χ2v) is 5.12. The van der Waals surface area contributed by atoms with Crippen molar-refractivity contribution in [1.82, 2.24) is 0 Å². The van der Waals surface area contributed by atoms with Gasteiger partial charge in [0.05, 0.1) is 6.61 Å². The molecule has 0 atom stereocenters. The molecule has 0 saturated carbocycles. The van der Waals surface area contributed by atoms with Gasteiger partial charge in [0.25, 0.3) is 0 Å². The molecule has 92 valence electrons. The standard InChI is InChI=1S/C13H15BrO3/c14-12-5-11(8-15)6-13(7-12)17-9-10-1-3-16-4-2-10/h5-8,10H,1-4,9H2. The van der Waals surface area contributed by atoms with E-state index in [0.29, 0.717) is 18.1 Å². The van der Waals surface area contributed by atoms with E-state index < -0.39 is 0 Å². The van der Waals surface area contributed by atoms with Crippen LogP contribution in [-0.2, 0) is 4.74 Å². The topological polar surface area (TPSA) is 35.5 Å². The molecule has 0 N–H and O–H groups in total. The zero-order chi connectivity index (χ0) is 12.1. The summed E-state index contributed by atoms with van der Waals surface area (Å²) in [6.07, 6.45) is 2.93. The van der Waals surface area contributed by atoms with Crippen LogP contribution in [0.4, 0.5) is 0 Å². The Morgan fingerprint density at radius 1 is 1.35 bits per heavy atom. The quantitative estimate of drug-likeness (QED) is 0.802. The summed E-state index contributed by atoms with van der Waals surface area (Å²) in [5.41, 5.74) is 0.626.